The Morgan fingerprint density at radius 1 is 0.775 bits per heavy atom. The van der Waals surface area contributed by atoms with E-state index in [2.05, 4.69) is 15.6 Å². The van der Waals surface area contributed by atoms with E-state index >= 15 is 0 Å². The van der Waals surface area contributed by atoms with E-state index in [4.69, 9.17) is 36.8 Å². The molecule has 111 heavy (non-hydrogen) atoms. The van der Waals surface area contributed by atoms with Crippen molar-refractivity contribution < 1.29 is 119 Å². The molecule has 0 radical (unpaired) electrons. The number of aliphatic hydroxyl groups excluding tert-OH is 3. The van der Waals surface area contributed by atoms with Gasteiger partial charge in [-0.2, -0.15) is 0 Å². The van der Waals surface area contributed by atoms with E-state index in [1.54, 1.807) is 69.6 Å². The highest BCUT2D eigenvalue weighted by Gasteiger charge is 2.49. The first-order valence-corrected chi connectivity index (χ1v) is 38.2. The van der Waals surface area contributed by atoms with Crippen LogP contribution in [0.15, 0.2) is 91.1 Å². The Balaban J connectivity index is 0.939. The molecular formula is C76H105N9O25S. The standard InChI is InChI=1S/C76H105N9O25S/c1-13-46(6)65(59(103-11)40-62(90)84-31-17-21-54(84)69(104-12)47(7)56(87)38-51(73(96)97)37-48-19-15-14-16-20-48)81(9)72(95)63(44(2)3)77-71(94)64(45(4)5)82(10)76(100)106-43-49-23-26-53(27-24-49)109-111(101,102)110-58-39-50(25-28-57(58)107-75-68(93)66(91)67(92)70(108-75)74(98)99)55(86)22-18-35-105-36-34-83-42-52(78-79-83)41-80(8)32-33-85-60(88)29-30-61(85)89/h14-16,19-20,23-30,39,42,44-47,51,54,59,63-70,75,91-93H,13,17-18,21-22,31-38,40-41,43H2,1-12H3,(H,77,94)(H,96,97)(H,98,99)/t46?,47-,51?,54-,59+,63-,64-,65-,66-,67-,68+,69+,70-,75?/m0/s1. The Labute approximate surface area is 645 Å². The summed E-state index contributed by atoms with van der Waals surface area (Å²) in [6, 6.07) is 13.9. The molecule has 0 saturated carbocycles. The first-order chi connectivity index (χ1) is 52.6. The summed E-state index contributed by atoms with van der Waals surface area (Å²) in [6.45, 7) is 14.0. The van der Waals surface area contributed by atoms with Gasteiger partial charge >= 0.3 is 28.4 Å². The van der Waals surface area contributed by atoms with Crippen LogP contribution in [-0.2, 0) is 98.6 Å². The molecule has 3 aliphatic heterocycles. The van der Waals surface area contributed by atoms with Gasteiger partial charge in [-0.15, -0.1) is 13.5 Å². The number of ketones is 2. The van der Waals surface area contributed by atoms with Crippen molar-refractivity contribution in [2.75, 3.05) is 68.2 Å². The highest BCUT2D eigenvalue weighted by Crippen LogP contribution is 2.36. The van der Waals surface area contributed by atoms with E-state index in [1.165, 1.54) is 68.7 Å². The minimum atomic E-state index is -5.19. The fraction of sp³-hybridized carbons (Fsp3) is 0.579. The molecule has 2 saturated heterocycles. The van der Waals surface area contributed by atoms with Crippen molar-refractivity contribution in [2.45, 2.75) is 187 Å². The maximum Gasteiger partial charge on any atom is 0.501 e. The number of Topliss-reactive ketones (excluding diaryl/α,β-unsaturated/α-hetero) is 2. The molecule has 3 aliphatic rings. The molecule has 34 nitrogen and oxygen atoms in total. The topological polar surface area (TPSA) is 439 Å². The number of ether oxygens (including phenoxy) is 6. The summed E-state index contributed by atoms with van der Waals surface area (Å²) >= 11 is 0. The van der Waals surface area contributed by atoms with Crippen LogP contribution in [-0.4, -0.2) is 268 Å². The number of likely N-dealkylation sites (tertiary alicyclic amines) is 1. The number of carbonyl (C=O) groups excluding carboxylic acids is 8. The number of carboxylic acid groups (broad SMARTS) is 2. The van der Waals surface area contributed by atoms with Crippen LogP contribution < -0.4 is 18.4 Å². The zero-order valence-corrected chi connectivity index (χ0v) is 65.4. The van der Waals surface area contributed by atoms with Crippen molar-refractivity contribution in [2.24, 2.45) is 29.6 Å². The second-order valence-corrected chi connectivity index (χ2v) is 30.0. The number of aliphatic carboxylic acids is 2. The van der Waals surface area contributed by atoms with E-state index in [1.807, 2.05) is 44.0 Å². The van der Waals surface area contributed by atoms with Crippen molar-refractivity contribution >= 4 is 69.5 Å². The number of amides is 6. The summed E-state index contributed by atoms with van der Waals surface area (Å²) < 4.78 is 73.8. The molecule has 3 unspecified atom stereocenters. The number of hydrogen-bond acceptors (Lipinski definition) is 26. The summed E-state index contributed by atoms with van der Waals surface area (Å²) in [5, 5.41) is 62.4. The quantitative estimate of drug-likeness (QED) is 0.0208. The van der Waals surface area contributed by atoms with Crippen LogP contribution in [0.4, 0.5) is 4.79 Å². The van der Waals surface area contributed by atoms with E-state index in [0.29, 0.717) is 56.7 Å². The lowest BCUT2D eigenvalue weighted by atomic mass is 9.85. The van der Waals surface area contributed by atoms with Crippen LogP contribution in [0.1, 0.15) is 121 Å². The van der Waals surface area contributed by atoms with Crippen molar-refractivity contribution in [1.29, 1.82) is 0 Å². The molecule has 2 fully saturated rings. The molecule has 14 atom stereocenters. The maximum absolute atomic E-state index is 14.9. The number of benzene rings is 3. The summed E-state index contributed by atoms with van der Waals surface area (Å²) in [7, 11) is 2.48. The summed E-state index contributed by atoms with van der Waals surface area (Å²) in [6.07, 6.45) is -7.25. The second kappa shape index (κ2) is 41.3. The molecular weight excluding hydrogens is 1470 g/mol. The zero-order chi connectivity index (χ0) is 81.7. The predicted octanol–water partition coefficient (Wildman–Crippen LogP) is 3.85. The highest BCUT2D eigenvalue weighted by atomic mass is 32.3. The Bertz CT molecular complexity index is 3980. The smallest absolute Gasteiger partial charge is 0.481 e. The third kappa shape index (κ3) is 24.3. The number of aromatic nitrogens is 3. The van der Waals surface area contributed by atoms with Crippen molar-refractivity contribution in [3.05, 3.63) is 114 Å². The lowest BCUT2D eigenvalue weighted by Gasteiger charge is -2.41. The Hall–Kier alpha value is -9.33. The average Bonchev–Trinajstić information content (AvgIpc) is 1.75. The predicted molar refractivity (Wildman–Crippen MR) is 395 cm³/mol. The fourth-order valence-electron chi connectivity index (χ4n) is 13.7. The third-order valence-electron chi connectivity index (χ3n) is 20.1. The number of nitrogens with one attached hydrogen (secondary N) is 1. The number of carbonyl (C=O) groups is 10. The van der Waals surface area contributed by atoms with Gasteiger partial charge in [-0.25, -0.2) is 14.3 Å². The maximum atomic E-state index is 14.9. The number of nitrogens with zero attached hydrogens (tertiary/aromatic N) is 8. The van der Waals surface area contributed by atoms with Crippen molar-refractivity contribution in [1.82, 2.24) is 44.8 Å². The Morgan fingerprint density at radius 3 is 2.08 bits per heavy atom. The Morgan fingerprint density at radius 2 is 1.46 bits per heavy atom. The zero-order valence-electron chi connectivity index (χ0n) is 64.6. The van der Waals surface area contributed by atoms with Crippen molar-refractivity contribution in [3.63, 3.8) is 0 Å². The van der Waals surface area contributed by atoms with Gasteiger partial charge in [0.05, 0.1) is 55.5 Å². The van der Waals surface area contributed by atoms with Crippen LogP contribution in [0, 0.1) is 29.6 Å². The molecule has 6 amide bonds. The molecule has 7 rings (SSSR count). The van der Waals surface area contributed by atoms with E-state index in [0.717, 1.165) is 27.5 Å². The first-order valence-electron chi connectivity index (χ1n) is 36.9. The number of imide groups is 1. The summed E-state index contributed by atoms with van der Waals surface area (Å²) in [5.41, 5.74) is 1.63. The summed E-state index contributed by atoms with van der Waals surface area (Å²) in [5.74, 6) is -10.4. The van der Waals surface area contributed by atoms with E-state index in [-0.39, 0.29) is 92.6 Å². The lowest BCUT2D eigenvalue weighted by Crippen LogP contribution is -2.61. The molecule has 3 aromatic carbocycles. The van der Waals surface area contributed by atoms with E-state index < -0.39 is 155 Å². The van der Waals surface area contributed by atoms with E-state index in [9.17, 15) is 81.9 Å². The van der Waals surface area contributed by atoms with Gasteiger partial charge in [-0.05, 0) is 91.9 Å². The SMILES string of the molecule is CCC(C)[C@@H]([C@@H](CC(=O)N1CCC[C@H]1[C@H](OC)[C@@H](C)C(=O)CC(Cc1ccccc1)C(=O)O)OC)N(C)C(=O)[C@@H](NC(=O)[C@H](C(C)C)N(C)C(=O)OCc1ccc(OS(=O)(=O)Oc2cc(C(=O)CCCOCCn3cc(CN(C)CCN4C(=O)C=CC4=O)nn3)ccc2OC2O[C@H](C(=O)O)[C@@H](O)[C@H](O)[C@H]2O)cc1)C(C)C. The molecule has 610 valence electrons. The van der Waals surface area contributed by atoms with Crippen LogP contribution >= 0.6 is 0 Å². The van der Waals surface area contributed by atoms with Gasteiger partial charge in [0, 0.05) is 104 Å². The molecule has 0 aliphatic carbocycles. The number of rotatable bonds is 44. The number of likely N-dealkylation sites (N-methyl/N-ethyl adjacent to an activating group) is 3. The largest absolute Gasteiger partial charge is 0.501 e. The highest BCUT2D eigenvalue weighted by molar-refractivity contribution is 7.82. The molecule has 0 bridgehead atoms. The van der Waals surface area contributed by atoms with Crippen LogP contribution in [0.3, 0.4) is 0 Å². The lowest BCUT2D eigenvalue weighted by molar-refractivity contribution is -0.271. The number of methoxy groups -OCH3 is 2. The molecule has 4 heterocycles. The second-order valence-electron chi connectivity index (χ2n) is 28.8. The molecule has 4 aromatic rings. The van der Waals surface area contributed by atoms with Gasteiger partial charge in [0.2, 0.25) is 24.0 Å². The minimum Gasteiger partial charge on any atom is -0.481 e. The minimum absolute atomic E-state index is 0.105. The van der Waals surface area contributed by atoms with Crippen LogP contribution in [0.2, 0.25) is 0 Å². The molecule has 0 spiro atoms. The van der Waals surface area contributed by atoms with Gasteiger partial charge in [0.25, 0.3) is 11.8 Å². The number of carboxylic acids is 2. The number of aliphatic hydroxyl groups is 3. The Kier molecular flexibility index (Phi) is 33.0. The van der Waals surface area contributed by atoms with Gasteiger partial charge in [0.15, 0.2) is 23.4 Å². The third-order valence-corrected chi connectivity index (χ3v) is 20.9. The molecule has 1 aromatic heterocycles. The monoisotopic (exact) mass is 1580 g/mol. The van der Waals surface area contributed by atoms with Crippen LogP contribution in [0.5, 0.6) is 17.2 Å². The first kappa shape index (κ1) is 88.9. The van der Waals surface area contributed by atoms with Crippen LogP contribution in [0.25, 0.3) is 0 Å². The van der Waals surface area contributed by atoms with Gasteiger partial charge in [-0.3, -0.25) is 53.1 Å². The van der Waals surface area contributed by atoms with Crippen molar-refractivity contribution in [3.8, 4) is 17.2 Å². The normalized spacial score (nSPS) is 20.1. The average molecular weight is 1580 g/mol. The number of hydrogen-bond donors (Lipinski definition) is 6. The fourth-order valence-corrected chi connectivity index (χ4v) is 14.4. The molecule has 6 N–H and O–H groups in total. The summed E-state index contributed by atoms with van der Waals surface area (Å²) in [4.78, 5) is 140. The van der Waals surface area contributed by atoms with Gasteiger partial charge in [0.1, 0.15) is 48.5 Å². The van der Waals surface area contributed by atoms with Gasteiger partial charge in [-0.1, -0.05) is 103 Å². The molecule has 35 heteroatoms. The van der Waals surface area contributed by atoms with Gasteiger partial charge < -0.3 is 77.4 Å².